The van der Waals surface area contributed by atoms with Crippen LogP contribution < -0.4 is 9.80 Å². The standard InChI is InChI=1S/C13H15N5/c1-9-5-4-6-15-12(9)18-10(2)17(3)13-11(18)7-14-8-16-13/h4-8,10H,1-3H3. The second-order valence-electron chi connectivity index (χ2n) is 4.49. The fraction of sp³-hybridized carbons (Fsp3) is 0.308. The van der Waals surface area contributed by atoms with Gasteiger partial charge in [0.15, 0.2) is 5.82 Å². The van der Waals surface area contributed by atoms with Crippen LogP contribution in [-0.2, 0) is 0 Å². The number of aryl methyl sites for hydroxylation is 1. The van der Waals surface area contributed by atoms with Crippen molar-refractivity contribution in [2.75, 3.05) is 16.8 Å². The van der Waals surface area contributed by atoms with Crippen LogP contribution in [0.1, 0.15) is 12.5 Å². The average molecular weight is 241 g/mol. The lowest BCUT2D eigenvalue weighted by Crippen LogP contribution is -2.36. The maximum Gasteiger partial charge on any atom is 0.157 e. The van der Waals surface area contributed by atoms with Gasteiger partial charge in [-0.3, -0.25) is 0 Å². The third kappa shape index (κ3) is 1.44. The first-order valence-electron chi connectivity index (χ1n) is 5.94. The monoisotopic (exact) mass is 241 g/mol. The number of anilines is 3. The number of nitrogens with zero attached hydrogens (tertiary/aromatic N) is 5. The molecular weight excluding hydrogens is 226 g/mol. The highest BCUT2D eigenvalue weighted by atomic mass is 15.4. The van der Waals surface area contributed by atoms with Crippen LogP contribution in [-0.4, -0.2) is 28.2 Å². The third-order valence-electron chi connectivity index (χ3n) is 3.41. The molecule has 5 heteroatoms. The van der Waals surface area contributed by atoms with Crippen molar-refractivity contribution in [3.8, 4) is 0 Å². The van der Waals surface area contributed by atoms with Crippen molar-refractivity contribution in [3.63, 3.8) is 0 Å². The summed E-state index contributed by atoms with van der Waals surface area (Å²) < 4.78 is 0. The minimum atomic E-state index is 0.185. The Morgan fingerprint density at radius 1 is 1.22 bits per heavy atom. The maximum atomic E-state index is 4.49. The smallest absolute Gasteiger partial charge is 0.157 e. The summed E-state index contributed by atoms with van der Waals surface area (Å²) in [4.78, 5) is 17.3. The second kappa shape index (κ2) is 3.94. The van der Waals surface area contributed by atoms with Crippen LogP contribution in [0.15, 0.2) is 30.9 Å². The molecule has 0 spiro atoms. The van der Waals surface area contributed by atoms with E-state index in [2.05, 4.69) is 44.7 Å². The molecule has 1 atom stereocenters. The lowest BCUT2D eigenvalue weighted by atomic mass is 10.2. The van der Waals surface area contributed by atoms with E-state index in [9.17, 15) is 0 Å². The quantitative estimate of drug-likeness (QED) is 0.765. The normalized spacial score (nSPS) is 18.1. The van der Waals surface area contributed by atoms with Gasteiger partial charge in [-0.2, -0.15) is 0 Å². The van der Waals surface area contributed by atoms with Crippen LogP contribution in [0, 0.1) is 6.92 Å². The van der Waals surface area contributed by atoms with Gasteiger partial charge in [0.1, 0.15) is 24.0 Å². The van der Waals surface area contributed by atoms with Crippen LogP contribution in [0.3, 0.4) is 0 Å². The molecule has 0 saturated heterocycles. The first-order valence-corrected chi connectivity index (χ1v) is 5.94. The molecule has 0 fully saturated rings. The highest BCUT2D eigenvalue weighted by Gasteiger charge is 2.34. The Hall–Kier alpha value is -2.17. The molecule has 2 aromatic rings. The highest BCUT2D eigenvalue weighted by Crippen LogP contribution is 2.40. The summed E-state index contributed by atoms with van der Waals surface area (Å²) in [7, 11) is 2.04. The number of hydrogen-bond donors (Lipinski definition) is 0. The van der Waals surface area contributed by atoms with Crippen molar-refractivity contribution in [1.82, 2.24) is 15.0 Å². The zero-order chi connectivity index (χ0) is 12.7. The van der Waals surface area contributed by atoms with E-state index in [-0.39, 0.29) is 6.17 Å². The summed E-state index contributed by atoms with van der Waals surface area (Å²) in [6.07, 6.45) is 5.43. The summed E-state index contributed by atoms with van der Waals surface area (Å²) in [5.74, 6) is 1.91. The lowest BCUT2D eigenvalue weighted by molar-refractivity contribution is 0.721. The van der Waals surface area contributed by atoms with Crippen molar-refractivity contribution >= 4 is 17.3 Å². The van der Waals surface area contributed by atoms with Crippen molar-refractivity contribution in [1.29, 1.82) is 0 Å². The Labute approximate surface area is 106 Å². The zero-order valence-corrected chi connectivity index (χ0v) is 10.7. The van der Waals surface area contributed by atoms with Crippen LogP contribution in [0.25, 0.3) is 0 Å². The van der Waals surface area contributed by atoms with Crippen LogP contribution in [0.2, 0.25) is 0 Å². The Balaban J connectivity index is 2.16. The topological polar surface area (TPSA) is 45.2 Å². The number of fused-ring (bicyclic) bond motifs is 1. The summed E-state index contributed by atoms with van der Waals surface area (Å²) in [5, 5.41) is 0. The third-order valence-corrected chi connectivity index (χ3v) is 3.41. The molecule has 1 aliphatic rings. The minimum Gasteiger partial charge on any atom is -0.337 e. The van der Waals surface area contributed by atoms with Crippen molar-refractivity contribution in [2.24, 2.45) is 0 Å². The van der Waals surface area contributed by atoms with Gasteiger partial charge in [-0.1, -0.05) is 6.07 Å². The molecule has 0 aliphatic carbocycles. The molecule has 0 amide bonds. The molecule has 5 nitrogen and oxygen atoms in total. The number of rotatable bonds is 1. The van der Waals surface area contributed by atoms with Crippen LogP contribution in [0.4, 0.5) is 17.3 Å². The molecule has 18 heavy (non-hydrogen) atoms. The molecule has 1 aliphatic heterocycles. The van der Waals surface area contributed by atoms with E-state index in [0.29, 0.717) is 0 Å². The summed E-state index contributed by atoms with van der Waals surface area (Å²) in [6.45, 7) is 4.20. The van der Waals surface area contributed by atoms with Crippen molar-refractivity contribution in [2.45, 2.75) is 20.0 Å². The van der Waals surface area contributed by atoms with Gasteiger partial charge in [0.05, 0.1) is 6.20 Å². The predicted molar refractivity (Wildman–Crippen MR) is 71.0 cm³/mol. The van der Waals surface area contributed by atoms with Crippen molar-refractivity contribution < 1.29 is 0 Å². The van der Waals surface area contributed by atoms with E-state index >= 15 is 0 Å². The maximum absolute atomic E-state index is 4.49. The number of aromatic nitrogens is 3. The van der Waals surface area contributed by atoms with E-state index < -0.39 is 0 Å². The van der Waals surface area contributed by atoms with Gasteiger partial charge in [0.2, 0.25) is 0 Å². The molecule has 2 aromatic heterocycles. The first kappa shape index (κ1) is 11.0. The molecule has 0 N–H and O–H groups in total. The van der Waals surface area contributed by atoms with Gasteiger partial charge in [-0.05, 0) is 25.5 Å². The van der Waals surface area contributed by atoms with Gasteiger partial charge in [0.25, 0.3) is 0 Å². The molecule has 0 radical (unpaired) electrons. The van der Waals surface area contributed by atoms with E-state index in [4.69, 9.17) is 0 Å². The first-order chi connectivity index (χ1) is 8.70. The second-order valence-corrected chi connectivity index (χ2v) is 4.49. The van der Waals surface area contributed by atoms with E-state index in [0.717, 1.165) is 22.9 Å². The van der Waals surface area contributed by atoms with Crippen LogP contribution in [0.5, 0.6) is 0 Å². The number of hydrogen-bond acceptors (Lipinski definition) is 5. The summed E-state index contributed by atoms with van der Waals surface area (Å²) in [5.41, 5.74) is 2.16. The van der Waals surface area contributed by atoms with Crippen molar-refractivity contribution in [3.05, 3.63) is 36.4 Å². The Kier molecular flexibility index (Phi) is 2.40. The molecule has 92 valence electrons. The fourth-order valence-electron chi connectivity index (χ4n) is 2.33. The van der Waals surface area contributed by atoms with Crippen LogP contribution >= 0.6 is 0 Å². The van der Waals surface area contributed by atoms with E-state index in [1.807, 2.05) is 25.5 Å². The fourth-order valence-corrected chi connectivity index (χ4v) is 2.33. The number of pyridine rings is 1. The van der Waals surface area contributed by atoms with E-state index in [1.165, 1.54) is 0 Å². The average Bonchev–Trinajstić information content (AvgIpc) is 2.64. The van der Waals surface area contributed by atoms with Gasteiger partial charge >= 0.3 is 0 Å². The largest absolute Gasteiger partial charge is 0.337 e. The molecule has 3 rings (SSSR count). The molecule has 0 bridgehead atoms. The zero-order valence-electron chi connectivity index (χ0n) is 10.7. The predicted octanol–water partition coefficient (Wildman–Crippen LogP) is 2.11. The Bertz CT molecular complexity index is 583. The Morgan fingerprint density at radius 3 is 2.83 bits per heavy atom. The summed E-state index contributed by atoms with van der Waals surface area (Å²) >= 11 is 0. The summed E-state index contributed by atoms with van der Waals surface area (Å²) in [6, 6.07) is 4.02. The van der Waals surface area contributed by atoms with Gasteiger partial charge in [-0.15, -0.1) is 0 Å². The van der Waals surface area contributed by atoms with Gasteiger partial charge in [0, 0.05) is 13.2 Å². The van der Waals surface area contributed by atoms with Gasteiger partial charge < -0.3 is 9.80 Å². The molecule has 1 unspecified atom stereocenters. The highest BCUT2D eigenvalue weighted by molar-refractivity contribution is 5.79. The lowest BCUT2D eigenvalue weighted by Gasteiger charge is -2.27. The molecular formula is C13H15N5. The minimum absolute atomic E-state index is 0.185. The molecule has 0 aromatic carbocycles. The SMILES string of the molecule is Cc1cccnc1N1c2cncnc2N(C)C1C. The van der Waals surface area contributed by atoms with Gasteiger partial charge in [-0.25, -0.2) is 15.0 Å². The molecule has 0 saturated carbocycles. The molecule has 3 heterocycles. The Morgan fingerprint density at radius 2 is 2.06 bits per heavy atom. The van der Waals surface area contributed by atoms with E-state index in [1.54, 1.807) is 6.33 Å².